The molecule has 24 heavy (non-hydrogen) atoms. The molecule has 1 fully saturated rings. The number of carbonyl (C=O) groups excluding carboxylic acids is 1. The van der Waals surface area contributed by atoms with E-state index in [2.05, 4.69) is 53.6 Å². The Bertz CT molecular complexity index is 534. The first kappa shape index (κ1) is 18.7. The highest BCUT2D eigenvalue weighted by Crippen LogP contribution is 2.21. The summed E-state index contributed by atoms with van der Waals surface area (Å²) in [5, 5.41) is 16.3. The normalized spacial score (nSPS) is 19.1. The minimum atomic E-state index is -0.786. The summed E-state index contributed by atoms with van der Waals surface area (Å²) in [4.78, 5) is 14.3. The molecule has 1 heterocycles. The molecule has 2 rings (SSSR count). The van der Waals surface area contributed by atoms with Crippen molar-refractivity contribution < 1.29 is 9.90 Å². The maximum absolute atomic E-state index is 12.1. The summed E-state index contributed by atoms with van der Waals surface area (Å²) in [6.07, 6.45) is 1.38. The zero-order valence-electron chi connectivity index (χ0n) is 15.3. The zero-order chi connectivity index (χ0) is 17.7. The number of nitrogens with one attached hydrogen (secondary N) is 2. The highest BCUT2D eigenvalue weighted by atomic mass is 16.3. The van der Waals surface area contributed by atoms with Crippen molar-refractivity contribution in [1.29, 1.82) is 0 Å². The molecule has 1 saturated heterocycles. The molecule has 5 heteroatoms. The second-order valence-corrected chi connectivity index (χ2v) is 7.40. The van der Waals surface area contributed by atoms with Gasteiger partial charge in [0.05, 0.1) is 11.6 Å². The van der Waals surface area contributed by atoms with Crippen LogP contribution in [0.1, 0.15) is 56.7 Å². The molecule has 5 nitrogen and oxygen atoms in total. The van der Waals surface area contributed by atoms with Gasteiger partial charge in [-0.05, 0) is 43.9 Å². The predicted molar refractivity (Wildman–Crippen MR) is 97.2 cm³/mol. The van der Waals surface area contributed by atoms with Crippen LogP contribution in [0.25, 0.3) is 0 Å². The molecule has 0 bridgehead atoms. The maximum Gasteiger partial charge on any atom is 0.315 e. The van der Waals surface area contributed by atoms with Crippen LogP contribution < -0.4 is 10.6 Å². The number of likely N-dealkylation sites (tertiary alicyclic amines) is 1. The average molecular weight is 333 g/mol. The summed E-state index contributed by atoms with van der Waals surface area (Å²) in [6, 6.07) is 8.03. The second-order valence-electron chi connectivity index (χ2n) is 7.40. The average Bonchev–Trinajstić information content (AvgIpc) is 2.56. The van der Waals surface area contributed by atoms with E-state index in [0.717, 1.165) is 18.7 Å². The van der Waals surface area contributed by atoms with Crippen molar-refractivity contribution in [3.63, 3.8) is 0 Å². The molecule has 0 aliphatic carbocycles. The van der Waals surface area contributed by atoms with E-state index in [0.29, 0.717) is 25.3 Å². The van der Waals surface area contributed by atoms with E-state index in [-0.39, 0.29) is 12.1 Å². The van der Waals surface area contributed by atoms with Crippen LogP contribution in [-0.2, 0) is 0 Å². The number of amides is 2. The van der Waals surface area contributed by atoms with E-state index in [1.165, 1.54) is 5.56 Å². The summed E-state index contributed by atoms with van der Waals surface area (Å²) in [5.74, 6) is 0.501. The standard InChI is InChI=1S/C19H31N3O2/c1-14(2)16-5-7-17(8-6-16)15(3)21-18(23)20-13-19(24)9-11-22(4)12-10-19/h5-8,14-15,24H,9-13H2,1-4H3,(H2,20,21,23)/t15-/m1/s1. The van der Waals surface area contributed by atoms with Gasteiger partial charge in [-0.3, -0.25) is 0 Å². The van der Waals surface area contributed by atoms with Gasteiger partial charge in [0.1, 0.15) is 0 Å². The van der Waals surface area contributed by atoms with Gasteiger partial charge in [0.15, 0.2) is 0 Å². The molecule has 0 aromatic heterocycles. The first-order valence-corrected chi connectivity index (χ1v) is 8.84. The third kappa shape index (κ3) is 5.21. The Morgan fingerprint density at radius 2 is 1.71 bits per heavy atom. The van der Waals surface area contributed by atoms with Gasteiger partial charge in [-0.2, -0.15) is 0 Å². The lowest BCUT2D eigenvalue weighted by molar-refractivity contribution is -0.0123. The molecule has 0 spiro atoms. The molecule has 3 N–H and O–H groups in total. The van der Waals surface area contributed by atoms with Crippen molar-refractivity contribution in [2.45, 2.75) is 51.2 Å². The summed E-state index contributed by atoms with van der Waals surface area (Å²) < 4.78 is 0. The molecule has 0 saturated carbocycles. The number of carbonyl (C=O) groups is 1. The van der Waals surface area contributed by atoms with E-state index in [1.807, 2.05) is 14.0 Å². The molecule has 1 atom stereocenters. The second kappa shape index (κ2) is 7.99. The van der Waals surface area contributed by atoms with Crippen LogP contribution in [0, 0.1) is 0 Å². The number of piperidine rings is 1. The van der Waals surface area contributed by atoms with Gasteiger partial charge in [-0.1, -0.05) is 38.1 Å². The summed E-state index contributed by atoms with van der Waals surface area (Å²) >= 11 is 0. The molecule has 134 valence electrons. The molecule has 1 aliphatic heterocycles. The Hall–Kier alpha value is -1.59. The highest BCUT2D eigenvalue weighted by molar-refractivity contribution is 5.74. The van der Waals surface area contributed by atoms with Crippen molar-refractivity contribution in [3.05, 3.63) is 35.4 Å². The third-order valence-corrected chi connectivity index (χ3v) is 4.95. The Labute approximate surface area is 145 Å². The lowest BCUT2D eigenvalue weighted by Crippen LogP contribution is -2.51. The Morgan fingerprint density at radius 1 is 1.17 bits per heavy atom. The Balaban J connectivity index is 1.81. The zero-order valence-corrected chi connectivity index (χ0v) is 15.3. The fraction of sp³-hybridized carbons (Fsp3) is 0.632. The van der Waals surface area contributed by atoms with Crippen LogP contribution in [0.15, 0.2) is 24.3 Å². The van der Waals surface area contributed by atoms with Crippen molar-refractivity contribution in [3.8, 4) is 0 Å². The van der Waals surface area contributed by atoms with Crippen LogP contribution >= 0.6 is 0 Å². The van der Waals surface area contributed by atoms with Gasteiger partial charge in [0, 0.05) is 19.6 Å². The monoisotopic (exact) mass is 333 g/mol. The first-order valence-electron chi connectivity index (χ1n) is 8.84. The van der Waals surface area contributed by atoms with Gasteiger partial charge >= 0.3 is 6.03 Å². The molecule has 1 aromatic rings. The number of urea groups is 1. The van der Waals surface area contributed by atoms with Crippen LogP contribution in [-0.4, -0.2) is 48.3 Å². The minimum absolute atomic E-state index is 0.0710. The van der Waals surface area contributed by atoms with Gasteiger partial charge in [0.2, 0.25) is 0 Å². The topological polar surface area (TPSA) is 64.6 Å². The number of nitrogens with zero attached hydrogens (tertiary/aromatic N) is 1. The van der Waals surface area contributed by atoms with Crippen molar-refractivity contribution >= 4 is 6.03 Å². The lowest BCUT2D eigenvalue weighted by atomic mass is 9.92. The first-order chi connectivity index (χ1) is 11.3. The van der Waals surface area contributed by atoms with Gasteiger partial charge in [-0.15, -0.1) is 0 Å². The summed E-state index contributed by atoms with van der Waals surface area (Å²) in [5.41, 5.74) is 1.58. The van der Waals surface area contributed by atoms with E-state index in [1.54, 1.807) is 0 Å². The van der Waals surface area contributed by atoms with Gasteiger partial charge < -0.3 is 20.6 Å². The van der Waals surface area contributed by atoms with Crippen LogP contribution in [0.5, 0.6) is 0 Å². The maximum atomic E-state index is 12.1. The molecule has 0 radical (unpaired) electrons. The van der Waals surface area contributed by atoms with E-state index < -0.39 is 5.60 Å². The van der Waals surface area contributed by atoms with E-state index >= 15 is 0 Å². The highest BCUT2D eigenvalue weighted by Gasteiger charge is 2.31. The van der Waals surface area contributed by atoms with E-state index in [9.17, 15) is 9.90 Å². The molecular weight excluding hydrogens is 302 g/mol. The third-order valence-electron chi connectivity index (χ3n) is 4.95. The van der Waals surface area contributed by atoms with Gasteiger partial charge in [0.25, 0.3) is 0 Å². The number of aliphatic hydroxyl groups is 1. The predicted octanol–water partition coefficient (Wildman–Crippen LogP) is 2.63. The molecule has 0 unspecified atom stereocenters. The molecule has 1 aromatic carbocycles. The minimum Gasteiger partial charge on any atom is -0.388 e. The van der Waals surface area contributed by atoms with Crippen LogP contribution in [0.4, 0.5) is 4.79 Å². The molecule has 1 aliphatic rings. The van der Waals surface area contributed by atoms with Crippen molar-refractivity contribution in [1.82, 2.24) is 15.5 Å². The number of benzene rings is 1. The number of hydrogen-bond donors (Lipinski definition) is 3. The van der Waals surface area contributed by atoms with E-state index in [4.69, 9.17) is 0 Å². The largest absolute Gasteiger partial charge is 0.388 e. The number of hydrogen-bond acceptors (Lipinski definition) is 3. The summed E-state index contributed by atoms with van der Waals surface area (Å²) in [7, 11) is 2.05. The lowest BCUT2D eigenvalue weighted by Gasteiger charge is -2.36. The van der Waals surface area contributed by atoms with Crippen molar-refractivity contribution in [2.24, 2.45) is 0 Å². The molecular formula is C19H31N3O2. The number of rotatable bonds is 5. The van der Waals surface area contributed by atoms with Crippen molar-refractivity contribution in [2.75, 3.05) is 26.7 Å². The molecule has 2 amide bonds. The Kier molecular flexibility index (Phi) is 6.24. The fourth-order valence-electron chi connectivity index (χ4n) is 2.96. The quantitative estimate of drug-likeness (QED) is 0.776. The fourth-order valence-corrected chi connectivity index (χ4v) is 2.96. The SMILES string of the molecule is CC(C)c1ccc([C@@H](C)NC(=O)NCC2(O)CCN(C)CC2)cc1. The smallest absolute Gasteiger partial charge is 0.315 e. The van der Waals surface area contributed by atoms with Gasteiger partial charge in [-0.25, -0.2) is 4.79 Å². The van der Waals surface area contributed by atoms with Crippen LogP contribution in [0.2, 0.25) is 0 Å². The van der Waals surface area contributed by atoms with Crippen LogP contribution in [0.3, 0.4) is 0 Å². The summed E-state index contributed by atoms with van der Waals surface area (Å²) in [6.45, 7) is 8.31. The Morgan fingerprint density at radius 3 is 2.25 bits per heavy atom.